The lowest BCUT2D eigenvalue weighted by molar-refractivity contribution is 0.754. The number of unbranched alkanes of at least 4 members (excludes halogenated alkanes) is 2. The van der Waals surface area contributed by atoms with Gasteiger partial charge < -0.3 is 5.32 Å². The number of hydrogen-bond acceptors (Lipinski definition) is 7. The van der Waals surface area contributed by atoms with Crippen molar-refractivity contribution in [3.63, 3.8) is 0 Å². The highest BCUT2D eigenvalue weighted by atomic mass is 32.2. The molecule has 0 aliphatic carbocycles. The Kier molecular flexibility index (Phi) is 5.72. The van der Waals surface area contributed by atoms with E-state index >= 15 is 0 Å². The Morgan fingerprint density at radius 1 is 1.20 bits per heavy atom. The first-order valence-electron chi connectivity index (χ1n) is 6.81. The molecule has 0 saturated heterocycles. The molecule has 0 unspecified atom stereocenters. The summed E-state index contributed by atoms with van der Waals surface area (Å²) in [6, 6.07) is 0. The van der Waals surface area contributed by atoms with Gasteiger partial charge in [-0.1, -0.05) is 31.5 Å². The maximum atomic E-state index is 4.42. The molecule has 0 radical (unpaired) electrons. The number of rotatable bonds is 8. The fraction of sp³-hybridized carbons (Fsp3) is 0.583. The van der Waals surface area contributed by atoms with E-state index in [9.17, 15) is 0 Å². The third kappa shape index (κ3) is 4.16. The van der Waals surface area contributed by atoms with E-state index in [1.165, 1.54) is 25.6 Å². The molecule has 0 aliphatic rings. The van der Waals surface area contributed by atoms with Crippen LogP contribution in [0.2, 0.25) is 0 Å². The topological polar surface area (TPSA) is 81.4 Å². The average molecular weight is 293 g/mol. The predicted octanol–water partition coefficient (Wildman–Crippen LogP) is 2.17. The molecule has 7 nitrogen and oxygen atoms in total. The average Bonchev–Trinajstić information content (AvgIpc) is 2.98. The summed E-state index contributed by atoms with van der Waals surface area (Å²) in [6.07, 6.45) is 6.65. The minimum absolute atomic E-state index is 0.492. The van der Waals surface area contributed by atoms with Crippen molar-refractivity contribution >= 4 is 17.7 Å². The molecule has 0 aromatic carbocycles. The number of thioether (sulfide) groups is 1. The zero-order valence-corrected chi connectivity index (χ0v) is 12.6. The van der Waals surface area contributed by atoms with E-state index in [1.807, 2.05) is 6.92 Å². The van der Waals surface area contributed by atoms with Gasteiger partial charge in [0.1, 0.15) is 12.7 Å². The van der Waals surface area contributed by atoms with Gasteiger partial charge in [-0.3, -0.25) is 0 Å². The Balaban J connectivity index is 2.13. The molecule has 2 aromatic rings. The van der Waals surface area contributed by atoms with Gasteiger partial charge in [0.25, 0.3) is 5.95 Å². The fourth-order valence-corrected chi connectivity index (χ4v) is 2.41. The molecule has 0 saturated carbocycles. The van der Waals surface area contributed by atoms with Crippen molar-refractivity contribution in [1.29, 1.82) is 0 Å². The van der Waals surface area contributed by atoms with Crippen molar-refractivity contribution in [1.82, 2.24) is 29.7 Å². The Morgan fingerprint density at radius 3 is 2.80 bits per heavy atom. The van der Waals surface area contributed by atoms with Crippen LogP contribution in [0.4, 0.5) is 5.95 Å². The summed E-state index contributed by atoms with van der Waals surface area (Å²) in [5.41, 5.74) is 0. The number of nitrogens with one attached hydrogen (secondary N) is 1. The lowest BCUT2D eigenvalue weighted by Gasteiger charge is -2.07. The first-order valence-corrected chi connectivity index (χ1v) is 7.79. The minimum Gasteiger partial charge on any atom is -0.354 e. The second kappa shape index (κ2) is 7.78. The highest BCUT2D eigenvalue weighted by Gasteiger charge is 2.08. The van der Waals surface area contributed by atoms with E-state index in [4.69, 9.17) is 0 Å². The number of anilines is 1. The van der Waals surface area contributed by atoms with E-state index in [2.05, 4.69) is 37.3 Å². The van der Waals surface area contributed by atoms with Gasteiger partial charge in [0.05, 0.1) is 0 Å². The Labute approximate surface area is 122 Å². The summed E-state index contributed by atoms with van der Waals surface area (Å²) in [5.74, 6) is 2.08. The van der Waals surface area contributed by atoms with Crippen LogP contribution in [0, 0.1) is 0 Å². The van der Waals surface area contributed by atoms with E-state index in [0.717, 1.165) is 17.5 Å². The normalized spacial score (nSPS) is 10.7. The second-order valence-corrected chi connectivity index (χ2v) is 5.23. The van der Waals surface area contributed by atoms with Crippen LogP contribution in [0.1, 0.15) is 33.1 Å². The standard InChI is InChI=1S/C12H19N7S/c1-3-5-6-7-20-12-17-10(14-4-2)16-11(18-12)19-9-13-8-15-19/h8-9H,3-7H2,1-2H3,(H,14,16,17,18). The Morgan fingerprint density at radius 2 is 2.10 bits per heavy atom. The SMILES string of the molecule is CCCCCSc1nc(NCC)nc(-n2cncn2)n1. The van der Waals surface area contributed by atoms with E-state index in [-0.39, 0.29) is 0 Å². The molecule has 1 N–H and O–H groups in total. The molecule has 2 rings (SSSR count). The van der Waals surface area contributed by atoms with Gasteiger partial charge in [0.15, 0.2) is 5.16 Å². The molecular formula is C12H19N7S. The molecule has 20 heavy (non-hydrogen) atoms. The molecule has 2 heterocycles. The van der Waals surface area contributed by atoms with E-state index in [1.54, 1.807) is 22.8 Å². The van der Waals surface area contributed by atoms with Crippen molar-refractivity contribution in [3.05, 3.63) is 12.7 Å². The van der Waals surface area contributed by atoms with E-state index < -0.39 is 0 Å². The van der Waals surface area contributed by atoms with E-state index in [0.29, 0.717) is 11.9 Å². The minimum atomic E-state index is 0.492. The summed E-state index contributed by atoms with van der Waals surface area (Å²) in [7, 11) is 0. The smallest absolute Gasteiger partial charge is 0.257 e. The summed E-state index contributed by atoms with van der Waals surface area (Å²) >= 11 is 1.65. The summed E-state index contributed by atoms with van der Waals surface area (Å²) < 4.78 is 1.54. The van der Waals surface area contributed by atoms with Gasteiger partial charge in [-0.15, -0.1) is 0 Å². The maximum Gasteiger partial charge on any atom is 0.257 e. The van der Waals surface area contributed by atoms with Crippen LogP contribution in [0.3, 0.4) is 0 Å². The first-order chi connectivity index (χ1) is 9.83. The van der Waals surface area contributed by atoms with Crippen LogP contribution in [-0.2, 0) is 0 Å². The molecule has 0 fully saturated rings. The van der Waals surface area contributed by atoms with Crippen molar-refractivity contribution in [2.24, 2.45) is 0 Å². The molecule has 0 aliphatic heterocycles. The van der Waals surface area contributed by atoms with Gasteiger partial charge in [-0.2, -0.15) is 24.7 Å². The van der Waals surface area contributed by atoms with Crippen LogP contribution >= 0.6 is 11.8 Å². The van der Waals surface area contributed by atoms with Crippen molar-refractivity contribution in [2.45, 2.75) is 38.3 Å². The molecule has 0 bridgehead atoms. The first kappa shape index (κ1) is 14.7. The molecule has 0 spiro atoms. The fourth-order valence-electron chi connectivity index (χ4n) is 1.58. The zero-order chi connectivity index (χ0) is 14.2. The molecule has 2 aromatic heterocycles. The number of aromatic nitrogens is 6. The second-order valence-electron chi connectivity index (χ2n) is 4.17. The zero-order valence-electron chi connectivity index (χ0n) is 11.8. The van der Waals surface area contributed by atoms with Gasteiger partial charge in [0, 0.05) is 12.3 Å². The van der Waals surface area contributed by atoms with Gasteiger partial charge in [0.2, 0.25) is 5.95 Å². The van der Waals surface area contributed by atoms with Gasteiger partial charge in [-0.05, 0) is 13.3 Å². The van der Waals surface area contributed by atoms with Crippen LogP contribution < -0.4 is 5.32 Å². The van der Waals surface area contributed by atoms with Crippen LogP contribution in [0.25, 0.3) is 5.95 Å². The van der Waals surface area contributed by atoms with Crippen molar-refractivity contribution in [3.8, 4) is 5.95 Å². The molecule has 0 atom stereocenters. The maximum absolute atomic E-state index is 4.42. The Hall–Kier alpha value is -1.70. The lowest BCUT2D eigenvalue weighted by Crippen LogP contribution is -2.10. The summed E-state index contributed by atoms with van der Waals surface area (Å²) in [6.45, 7) is 4.97. The third-order valence-electron chi connectivity index (χ3n) is 2.54. The Bertz CT molecular complexity index is 515. The van der Waals surface area contributed by atoms with Gasteiger partial charge >= 0.3 is 0 Å². The molecular weight excluding hydrogens is 274 g/mol. The number of hydrogen-bond donors (Lipinski definition) is 1. The van der Waals surface area contributed by atoms with Crippen LogP contribution in [0.5, 0.6) is 0 Å². The predicted molar refractivity (Wildman–Crippen MR) is 79.2 cm³/mol. The molecule has 108 valence electrons. The van der Waals surface area contributed by atoms with Crippen molar-refractivity contribution in [2.75, 3.05) is 17.6 Å². The highest BCUT2D eigenvalue weighted by Crippen LogP contribution is 2.17. The molecule has 0 amide bonds. The van der Waals surface area contributed by atoms with Crippen LogP contribution in [0.15, 0.2) is 17.8 Å². The molecule has 8 heteroatoms. The summed E-state index contributed by atoms with van der Waals surface area (Å²) in [5, 5.41) is 7.89. The largest absolute Gasteiger partial charge is 0.354 e. The quantitative estimate of drug-likeness (QED) is 0.590. The lowest BCUT2D eigenvalue weighted by atomic mass is 10.3. The summed E-state index contributed by atoms with van der Waals surface area (Å²) in [4.78, 5) is 17.1. The van der Waals surface area contributed by atoms with Crippen LogP contribution in [-0.4, -0.2) is 42.0 Å². The highest BCUT2D eigenvalue weighted by molar-refractivity contribution is 7.99. The van der Waals surface area contributed by atoms with Gasteiger partial charge in [-0.25, -0.2) is 4.98 Å². The third-order valence-corrected chi connectivity index (χ3v) is 3.47. The van der Waals surface area contributed by atoms with Crippen molar-refractivity contribution < 1.29 is 0 Å². The monoisotopic (exact) mass is 293 g/mol. The number of nitrogens with zero attached hydrogens (tertiary/aromatic N) is 6.